The number of anilines is 1. The fraction of sp³-hybridized carbons (Fsp3) is 0.381. The van der Waals surface area contributed by atoms with Crippen LogP contribution in [0.25, 0.3) is 0 Å². The zero-order valence-electron chi connectivity index (χ0n) is 17.1. The third kappa shape index (κ3) is 6.47. The second kappa shape index (κ2) is 10.1. The van der Waals surface area contributed by atoms with Crippen molar-refractivity contribution in [2.75, 3.05) is 22.9 Å². The molecule has 2 rings (SSSR count). The topological polar surface area (TPSA) is 66.5 Å². The van der Waals surface area contributed by atoms with E-state index in [2.05, 4.69) is 5.32 Å². The fourth-order valence-corrected chi connectivity index (χ4v) is 5.00. The number of rotatable bonds is 9. The number of hydrogen-bond acceptors (Lipinski definition) is 4. The molecular formula is C21H27FN2O3S2. The number of sulfonamides is 1. The molecule has 2 aromatic rings. The first-order valence-corrected chi connectivity index (χ1v) is 12.3. The van der Waals surface area contributed by atoms with Crippen LogP contribution in [0.1, 0.15) is 23.6 Å². The van der Waals surface area contributed by atoms with Gasteiger partial charge in [0.05, 0.1) is 11.9 Å². The lowest BCUT2D eigenvalue weighted by molar-refractivity contribution is -0.121. The van der Waals surface area contributed by atoms with Crippen LogP contribution in [0, 0.1) is 19.7 Å². The lowest BCUT2D eigenvalue weighted by Gasteiger charge is -2.29. The zero-order valence-corrected chi connectivity index (χ0v) is 18.7. The van der Waals surface area contributed by atoms with Gasteiger partial charge in [-0.25, -0.2) is 12.8 Å². The summed E-state index contributed by atoms with van der Waals surface area (Å²) in [5, 5.41) is 2.78. The standard InChI is InChI=1S/C21H27FN2O3S2/c1-15-9-10-16(2)20(13-15)24(29(4,26)27)17(3)21(25)23-11-12-28-14-18-7-5-6-8-19(18)22/h5-10,13,17H,11-12,14H2,1-4H3,(H,23,25)/t17-/m0/s1. The van der Waals surface area contributed by atoms with Gasteiger partial charge in [0, 0.05) is 18.1 Å². The second-order valence-corrected chi connectivity index (χ2v) is 9.92. The van der Waals surface area contributed by atoms with Crippen molar-refractivity contribution in [2.24, 2.45) is 0 Å². The maximum atomic E-state index is 13.6. The lowest BCUT2D eigenvalue weighted by Crippen LogP contribution is -2.48. The fourth-order valence-electron chi connectivity index (χ4n) is 2.93. The van der Waals surface area contributed by atoms with Gasteiger partial charge < -0.3 is 5.32 Å². The van der Waals surface area contributed by atoms with E-state index in [1.54, 1.807) is 31.2 Å². The molecule has 0 spiro atoms. The highest BCUT2D eigenvalue weighted by molar-refractivity contribution is 7.98. The van der Waals surface area contributed by atoms with E-state index < -0.39 is 16.1 Å². The Labute approximate surface area is 176 Å². The number of halogens is 1. The number of carbonyl (C=O) groups excluding carboxylic acids is 1. The average molecular weight is 439 g/mol. The Kier molecular flexibility index (Phi) is 8.10. The zero-order chi connectivity index (χ0) is 21.6. The summed E-state index contributed by atoms with van der Waals surface area (Å²) < 4.78 is 39.6. The van der Waals surface area contributed by atoms with Crippen LogP contribution >= 0.6 is 11.8 Å². The minimum Gasteiger partial charge on any atom is -0.353 e. The smallest absolute Gasteiger partial charge is 0.243 e. The van der Waals surface area contributed by atoms with Crippen molar-refractivity contribution in [2.45, 2.75) is 32.6 Å². The maximum Gasteiger partial charge on any atom is 0.243 e. The number of nitrogens with zero attached hydrogens (tertiary/aromatic N) is 1. The van der Waals surface area contributed by atoms with Crippen LogP contribution in [0.3, 0.4) is 0 Å². The molecule has 0 fully saturated rings. The average Bonchev–Trinajstić information content (AvgIpc) is 2.64. The maximum absolute atomic E-state index is 13.6. The van der Waals surface area contributed by atoms with Gasteiger partial charge in [-0.15, -0.1) is 0 Å². The van der Waals surface area contributed by atoms with Gasteiger partial charge in [0.2, 0.25) is 15.9 Å². The number of nitrogens with one attached hydrogen (secondary N) is 1. The van der Waals surface area contributed by atoms with Crippen LogP contribution in [0.4, 0.5) is 10.1 Å². The molecule has 0 aliphatic rings. The first kappa shape index (κ1) is 23.2. The summed E-state index contributed by atoms with van der Waals surface area (Å²) in [5.74, 6) is 0.489. The van der Waals surface area contributed by atoms with Crippen molar-refractivity contribution in [1.29, 1.82) is 0 Å². The lowest BCUT2D eigenvalue weighted by atomic mass is 10.1. The van der Waals surface area contributed by atoms with Crippen molar-refractivity contribution in [1.82, 2.24) is 5.32 Å². The Morgan fingerprint density at radius 1 is 1.21 bits per heavy atom. The Morgan fingerprint density at radius 3 is 2.55 bits per heavy atom. The predicted octanol–water partition coefficient (Wildman–Crippen LogP) is 3.65. The Hall–Kier alpha value is -2.06. The summed E-state index contributed by atoms with van der Waals surface area (Å²) in [6.07, 6.45) is 1.10. The third-order valence-electron chi connectivity index (χ3n) is 4.45. The van der Waals surface area contributed by atoms with Gasteiger partial charge in [0.1, 0.15) is 11.9 Å². The van der Waals surface area contributed by atoms with Gasteiger partial charge in [0.15, 0.2) is 0 Å². The quantitative estimate of drug-likeness (QED) is 0.607. The monoisotopic (exact) mass is 438 g/mol. The molecule has 0 saturated heterocycles. The Morgan fingerprint density at radius 2 is 1.90 bits per heavy atom. The highest BCUT2D eigenvalue weighted by atomic mass is 32.2. The van der Waals surface area contributed by atoms with Crippen LogP contribution in [-0.4, -0.2) is 38.9 Å². The summed E-state index contributed by atoms with van der Waals surface area (Å²) in [5.41, 5.74) is 2.82. The molecule has 0 bridgehead atoms. The van der Waals surface area contributed by atoms with Gasteiger partial charge in [-0.1, -0.05) is 30.3 Å². The normalized spacial score (nSPS) is 12.4. The first-order valence-electron chi connectivity index (χ1n) is 9.26. The van der Waals surface area contributed by atoms with E-state index in [0.29, 0.717) is 29.3 Å². The van der Waals surface area contributed by atoms with Crippen LogP contribution in [0.15, 0.2) is 42.5 Å². The molecule has 8 heteroatoms. The van der Waals surface area contributed by atoms with Crippen LogP contribution in [0.5, 0.6) is 0 Å². The van der Waals surface area contributed by atoms with E-state index in [9.17, 15) is 17.6 Å². The number of amides is 1. The molecule has 158 valence electrons. The summed E-state index contributed by atoms with van der Waals surface area (Å²) >= 11 is 1.50. The Bertz CT molecular complexity index is 964. The molecule has 2 aromatic carbocycles. The Balaban J connectivity index is 1.97. The molecule has 1 N–H and O–H groups in total. The number of benzene rings is 2. The first-order chi connectivity index (χ1) is 13.6. The SMILES string of the molecule is Cc1ccc(C)c(N([C@@H](C)C(=O)NCCSCc2ccccc2F)S(C)(=O)=O)c1. The van der Waals surface area contributed by atoms with Crippen molar-refractivity contribution in [3.63, 3.8) is 0 Å². The largest absolute Gasteiger partial charge is 0.353 e. The van der Waals surface area contributed by atoms with Gasteiger partial charge in [0.25, 0.3) is 0 Å². The molecule has 0 radical (unpaired) electrons. The van der Waals surface area contributed by atoms with Crippen molar-refractivity contribution in [3.05, 3.63) is 65.0 Å². The molecular weight excluding hydrogens is 411 g/mol. The number of thioether (sulfide) groups is 1. The van der Waals surface area contributed by atoms with Gasteiger partial charge in [-0.05, 0) is 49.6 Å². The number of aryl methyl sites for hydroxylation is 2. The van der Waals surface area contributed by atoms with Crippen molar-refractivity contribution in [3.8, 4) is 0 Å². The molecule has 0 saturated carbocycles. The molecule has 0 unspecified atom stereocenters. The van der Waals surface area contributed by atoms with E-state index in [-0.39, 0.29) is 11.7 Å². The number of carbonyl (C=O) groups is 1. The molecule has 5 nitrogen and oxygen atoms in total. The minimum atomic E-state index is -3.65. The molecule has 0 aliphatic carbocycles. The molecule has 0 aromatic heterocycles. The summed E-state index contributed by atoms with van der Waals surface area (Å²) in [6, 6.07) is 11.2. The highest BCUT2D eigenvalue weighted by Crippen LogP contribution is 2.26. The van der Waals surface area contributed by atoms with E-state index in [0.717, 1.165) is 21.7 Å². The number of hydrogen-bond donors (Lipinski definition) is 1. The van der Waals surface area contributed by atoms with Gasteiger partial charge in [-0.2, -0.15) is 11.8 Å². The third-order valence-corrected chi connectivity index (χ3v) is 6.69. The minimum absolute atomic E-state index is 0.241. The van der Waals surface area contributed by atoms with Crippen molar-refractivity contribution < 1.29 is 17.6 Å². The van der Waals surface area contributed by atoms with E-state index >= 15 is 0 Å². The molecule has 1 atom stereocenters. The highest BCUT2D eigenvalue weighted by Gasteiger charge is 2.30. The molecule has 1 amide bonds. The van der Waals surface area contributed by atoms with Crippen LogP contribution in [0.2, 0.25) is 0 Å². The summed E-state index contributed by atoms with van der Waals surface area (Å²) in [7, 11) is -3.65. The van der Waals surface area contributed by atoms with Crippen molar-refractivity contribution >= 4 is 33.4 Å². The summed E-state index contributed by atoms with van der Waals surface area (Å²) in [6.45, 7) is 5.63. The predicted molar refractivity (Wildman–Crippen MR) is 118 cm³/mol. The van der Waals surface area contributed by atoms with Gasteiger partial charge in [-0.3, -0.25) is 9.10 Å². The van der Waals surface area contributed by atoms with Crippen LogP contribution in [-0.2, 0) is 20.6 Å². The second-order valence-electron chi connectivity index (χ2n) is 6.96. The van der Waals surface area contributed by atoms with E-state index in [4.69, 9.17) is 0 Å². The van der Waals surface area contributed by atoms with E-state index in [1.165, 1.54) is 17.8 Å². The molecule has 0 aliphatic heterocycles. The van der Waals surface area contributed by atoms with E-state index in [1.807, 2.05) is 26.0 Å². The molecule has 0 heterocycles. The molecule has 29 heavy (non-hydrogen) atoms. The van der Waals surface area contributed by atoms with Gasteiger partial charge >= 0.3 is 0 Å². The van der Waals surface area contributed by atoms with Crippen LogP contribution < -0.4 is 9.62 Å². The summed E-state index contributed by atoms with van der Waals surface area (Å²) in [4.78, 5) is 12.6.